The van der Waals surface area contributed by atoms with Gasteiger partial charge >= 0.3 is 0 Å². The highest BCUT2D eigenvalue weighted by Crippen LogP contribution is 2.22. The maximum atomic E-state index is 11.4. The fraction of sp³-hybridized carbons (Fsp3) is 0.545. The van der Waals surface area contributed by atoms with Crippen LogP contribution in [0, 0.1) is 0 Å². The first-order valence-corrected chi connectivity index (χ1v) is 6.56. The Labute approximate surface area is 111 Å². The van der Waals surface area contributed by atoms with E-state index >= 15 is 0 Å². The molecule has 0 saturated heterocycles. The van der Waals surface area contributed by atoms with Crippen LogP contribution < -0.4 is 11.2 Å². The van der Waals surface area contributed by atoms with E-state index in [4.69, 9.17) is 5.84 Å². The Bertz CT molecular complexity index is 435. The monoisotopic (exact) mass is 269 g/mol. The molecule has 1 heterocycles. The van der Waals surface area contributed by atoms with Crippen LogP contribution in [0.3, 0.4) is 0 Å². The number of rotatable bonds is 5. The average Bonchev–Trinajstić information content (AvgIpc) is 2.64. The molecule has 1 aromatic heterocycles. The largest absolute Gasteiger partial charge is 0.352 e. The molecule has 7 heteroatoms. The second-order valence-electron chi connectivity index (χ2n) is 4.81. The van der Waals surface area contributed by atoms with E-state index in [0.29, 0.717) is 17.5 Å². The molecule has 0 aliphatic carbocycles. The van der Waals surface area contributed by atoms with Crippen LogP contribution in [0.25, 0.3) is 0 Å². The summed E-state index contributed by atoms with van der Waals surface area (Å²) < 4.78 is 1.44. The lowest BCUT2D eigenvalue weighted by atomic mass is 9.96. The minimum Gasteiger partial charge on any atom is -0.352 e. The van der Waals surface area contributed by atoms with Crippen molar-refractivity contribution in [2.45, 2.75) is 31.3 Å². The first-order valence-electron chi connectivity index (χ1n) is 5.57. The van der Waals surface area contributed by atoms with Crippen molar-refractivity contribution in [3.63, 3.8) is 0 Å². The van der Waals surface area contributed by atoms with E-state index in [1.54, 1.807) is 6.08 Å². The fourth-order valence-corrected chi connectivity index (χ4v) is 1.94. The first kappa shape index (κ1) is 14.6. The number of nitrogens with two attached hydrogens (primary N) is 1. The third-order valence-corrected chi connectivity index (χ3v) is 3.05. The van der Waals surface area contributed by atoms with Crippen molar-refractivity contribution in [2.75, 3.05) is 18.1 Å². The smallest absolute Gasteiger partial charge is 0.230 e. The lowest BCUT2D eigenvalue weighted by molar-refractivity contribution is -0.118. The number of nitrogens with zero attached hydrogens (tertiary/aromatic N) is 3. The highest BCUT2D eigenvalue weighted by atomic mass is 32.2. The average molecular weight is 269 g/mol. The van der Waals surface area contributed by atoms with E-state index < -0.39 is 0 Å². The Hall–Kier alpha value is -1.50. The number of hydrogen-bond acceptors (Lipinski definition) is 5. The third kappa shape index (κ3) is 3.76. The summed E-state index contributed by atoms with van der Waals surface area (Å²) in [5.74, 6) is 6.76. The van der Waals surface area contributed by atoms with Crippen LogP contribution in [-0.2, 0) is 10.2 Å². The zero-order chi connectivity index (χ0) is 13.8. The Morgan fingerprint density at radius 1 is 1.56 bits per heavy atom. The van der Waals surface area contributed by atoms with Crippen LogP contribution in [0.4, 0.5) is 0 Å². The second kappa shape index (κ2) is 5.90. The zero-order valence-electron chi connectivity index (χ0n) is 10.9. The summed E-state index contributed by atoms with van der Waals surface area (Å²) in [5, 5.41) is 11.3. The Kier molecular flexibility index (Phi) is 4.77. The van der Waals surface area contributed by atoms with Crippen molar-refractivity contribution in [2.24, 2.45) is 0 Å². The lowest BCUT2D eigenvalue weighted by Gasteiger charge is -2.16. The van der Waals surface area contributed by atoms with E-state index in [9.17, 15) is 4.79 Å². The molecule has 0 aliphatic heterocycles. The first-order chi connectivity index (χ1) is 8.36. The van der Waals surface area contributed by atoms with E-state index in [2.05, 4.69) is 22.1 Å². The van der Waals surface area contributed by atoms with Gasteiger partial charge in [-0.3, -0.25) is 4.79 Å². The molecule has 0 spiro atoms. The number of carbonyl (C=O) groups excluding carboxylic acids is 1. The summed E-state index contributed by atoms with van der Waals surface area (Å²) in [6, 6.07) is 0. The number of amides is 1. The van der Waals surface area contributed by atoms with Crippen molar-refractivity contribution in [1.29, 1.82) is 0 Å². The van der Waals surface area contributed by atoms with Crippen molar-refractivity contribution < 1.29 is 4.79 Å². The quantitative estimate of drug-likeness (QED) is 0.466. The summed E-state index contributed by atoms with van der Waals surface area (Å²) in [6.45, 7) is 10.0. The zero-order valence-corrected chi connectivity index (χ0v) is 11.8. The molecule has 0 fully saturated rings. The van der Waals surface area contributed by atoms with Gasteiger partial charge in [0.25, 0.3) is 0 Å². The topological polar surface area (TPSA) is 85.8 Å². The molecule has 3 N–H and O–H groups in total. The number of nitrogen functional groups attached to an aromatic ring is 1. The Morgan fingerprint density at radius 2 is 2.22 bits per heavy atom. The number of aromatic nitrogens is 3. The molecular formula is C11H19N5OS. The van der Waals surface area contributed by atoms with Crippen LogP contribution in [-0.4, -0.2) is 33.1 Å². The molecule has 1 aromatic rings. The second-order valence-corrected chi connectivity index (χ2v) is 5.75. The van der Waals surface area contributed by atoms with Gasteiger partial charge in [0.05, 0.1) is 5.75 Å². The van der Waals surface area contributed by atoms with Crippen molar-refractivity contribution >= 4 is 17.7 Å². The van der Waals surface area contributed by atoms with Crippen LogP contribution in [0.5, 0.6) is 0 Å². The molecule has 6 nitrogen and oxygen atoms in total. The molecule has 0 radical (unpaired) electrons. The predicted octanol–water partition coefficient (Wildman–Crippen LogP) is 0.684. The molecule has 100 valence electrons. The number of thioether (sulfide) groups is 1. The molecule has 0 atom stereocenters. The fourth-order valence-electron chi connectivity index (χ4n) is 1.25. The molecular weight excluding hydrogens is 250 g/mol. The maximum Gasteiger partial charge on any atom is 0.230 e. The Morgan fingerprint density at radius 3 is 2.72 bits per heavy atom. The van der Waals surface area contributed by atoms with Gasteiger partial charge in [-0.1, -0.05) is 38.6 Å². The van der Waals surface area contributed by atoms with E-state index in [-0.39, 0.29) is 17.1 Å². The van der Waals surface area contributed by atoms with Crippen LogP contribution >= 0.6 is 11.8 Å². The van der Waals surface area contributed by atoms with Crippen molar-refractivity contribution in [3.8, 4) is 0 Å². The molecule has 0 aliphatic rings. The molecule has 0 saturated carbocycles. The maximum absolute atomic E-state index is 11.4. The minimum absolute atomic E-state index is 0.0831. The van der Waals surface area contributed by atoms with Gasteiger partial charge in [-0.25, -0.2) is 4.68 Å². The Balaban J connectivity index is 2.61. The number of nitrogens with one attached hydrogen (secondary N) is 1. The van der Waals surface area contributed by atoms with Crippen LogP contribution in [0.15, 0.2) is 17.8 Å². The van der Waals surface area contributed by atoms with Gasteiger partial charge in [0.15, 0.2) is 5.82 Å². The minimum atomic E-state index is -0.175. The van der Waals surface area contributed by atoms with E-state index in [1.807, 2.05) is 20.8 Å². The van der Waals surface area contributed by atoms with Gasteiger partial charge in [0, 0.05) is 12.0 Å². The number of carbonyl (C=O) groups is 1. The molecule has 18 heavy (non-hydrogen) atoms. The van der Waals surface area contributed by atoms with Gasteiger partial charge in [0.1, 0.15) is 0 Å². The van der Waals surface area contributed by atoms with Gasteiger partial charge in [-0.2, -0.15) is 0 Å². The van der Waals surface area contributed by atoms with E-state index in [0.717, 1.165) is 0 Å². The van der Waals surface area contributed by atoms with Gasteiger partial charge in [-0.15, -0.1) is 16.8 Å². The summed E-state index contributed by atoms with van der Waals surface area (Å²) in [6.07, 6.45) is 1.63. The molecule has 1 rings (SSSR count). The van der Waals surface area contributed by atoms with Gasteiger partial charge < -0.3 is 11.2 Å². The van der Waals surface area contributed by atoms with Gasteiger partial charge in [0.2, 0.25) is 11.1 Å². The van der Waals surface area contributed by atoms with Crippen molar-refractivity contribution in [1.82, 2.24) is 20.2 Å². The summed E-state index contributed by atoms with van der Waals surface area (Å²) >= 11 is 1.26. The summed E-state index contributed by atoms with van der Waals surface area (Å²) in [4.78, 5) is 11.4. The molecule has 0 bridgehead atoms. The molecule has 1 amide bonds. The van der Waals surface area contributed by atoms with Crippen LogP contribution in [0.1, 0.15) is 26.6 Å². The third-order valence-electron chi connectivity index (χ3n) is 2.11. The summed E-state index contributed by atoms with van der Waals surface area (Å²) in [7, 11) is 0. The normalized spacial score (nSPS) is 11.3. The number of hydrogen-bond donors (Lipinski definition) is 2. The van der Waals surface area contributed by atoms with Gasteiger partial charge in [-0.05, 0) is 0 Å². The SMILES string of the molecule is C=CCNC(=O)CSc1nnc(C(C)(C)C)n1N. The highest BCUT2D eigenvalue weighted by molar-refractivity contribution is 7.99. The molecule has 0 aromatic carbocycles. The lowest BCUT2D eigenvalue weighted by Crippen LogP contribution is -2.26. The standard InChI is InChI=1S/C11H19N5OS/c1-5-6-13-8(17)7-18-10-15-14-9(16(10)12)11(2,3)4/h5H,1,6-7,12H2,2-4H3,(H,13,17). The van der Waals surface area contributed by atoms with E-state index in [1.165, 1.54) is 16.4 Å². The summed E-state index contributed by atoms with van der Waals surface area (Å²) in [5.41, 5.74) is -0.175. The highest BCUT2D eigenvalue weighted by Gasteiger charge is 2.23. The van der Waals surface area contributed by atoms with Crippen molar-refractivity contribution in [3.05, 3.63) is 18.5 Å². The van der Waals surface area contributed by atoms with Crippen LogP contribution in [0.2, 0.25) is 0 Å². The predicted molar refractivity (Wildman–Crippen MR) is 72.8 cm³/mol. The molecule has 0 unspecified atom stereocenters.